The van der Waals surface area contributed by atoms with Gasteiger partial charge in [-0.05, 0) is 49.1 Å². The van der Waals surface area contributed by atoms with Crippen molar-refractivity contribution in [1.82, 2.24) is 0 Å². The monoisotopic (exact) mass is 356 g/mol. The van der Waals surface area contributed by atoms with Crippen LogP contribution in [0.15, 0.2) is 78.9 Å². The van der Waals surface area contributed by atoms with Crippen LogP contribution in [-0.2, 0) is 11.2 Å². The summed E-state index contributed by atoms with van der Waals surface area (Å²) in [5, 5.41) is 3.12. The van der Waals surface area contributed by atoms with E-state index >= 15 is 0 Å². The fourth-order valence-electron chi connectivity index (χ4n) is 3.79. The Morgan fingerprint density at radius 1 is 0.926 bits per heavy atom. The zero-order valence-electron chi connectivity index (χ0n) is 15.6. The number of carbonyl (C=O) groups excluding carboxylic acids is 1. The first-order valence-corrected chi connectivity index (χ1v) is 9.49. The van der Waals surface area contributed by atoms with E-state index in [0.717, 1.165) is 36.3 Å². The van der Waals surface area contributed by atoms with Crippen molar-refractivity contribution >= 4 is 17.3 Å². The average Bonchev–Trinajstić information content (AvgIpc) is 2.71. The van der Waals surface area contributed by atoms with Crippen LogP contribution in [-0.4, -0.2) is 12.5 Å². The summed E-state index contributed by atoms with van der Waals surface area (Å²) in [5.41, 5.74) is 5.50. The van der Waals surface area contributed by atoms with Gasteiger partial charge < -0.3 is 10.2 Å². The van der Waals surface area contributed by atoms with Gasteiger partial charge in [0.25, 0.3) is 5.91 Å². The van der Waals surface area contributed by atoms with Gasteiger partial charge in [0, 0.05) is 17.9 Å². The number of para-hydroxylation sites is 1. The van der Waals surface area contributed by atoms with E-state index in [0.29, 0.717) is 0 Å². The van der Waals surface area contributed by atoms with Crippen LogP contribution in [0, 0.1) is 6.92 Å². The van der Waals surface area contributed by atoms with Crippen molar-refractivity contribution in [3.63, 3.8) is 0 Å². The van der Waals surface area contributed by atoms with E-state index in [9.17, 15) is 4.79 Å². The predicted octanol–water partition coefficient (Wildman–Crippen LogP) is 5.13. The minimum Gasteiger partial charge on any atom is -0.356 e. The third kappa shape index (κ3) is 3.72. The van der Waals surface area contributed by atoms with Crippen molar-refractivity contribution in [3.8, 4) is 0 Å². The lowest BCUT2D eigenvalue weighted by molar-refractivity contribution is -0.117. The average molecular weight is 356 g/mol. The third-order valence-corrected chi connectivity index (χ3v) is 5.14. The Kier molecular flexibility index (Phi) is 4.93. The maximum Gasteiger partial charge on any atom is 0.251 e. The summed E-state index contributed by atoms with van der Waals surface area (Å²) >= 11 is 0. The molecule has 0 radical (unpaired) electrons. The zero-order chi connectivity index (χ0) is 18.6. The van der Waals surface area contributed by atoms with Crippen LogP contribution in [0.3, 0.4) is 0 Å². The minimum absolute atomic E-state index is 0.00163. The largest absolute Gasteiger partial charge is 0.356 e. The SMILES string of the molecule is Cc1ccc(NC(=O)C(c2ccccc2)N2CCCc3ccccc32)cc1. The standard InChI is InChI=1S/C24H24N2O/c1-18-13-15-21(16-14-18)25-24(27)23(20-9-3-2-4-10-20)26-17-7-11-19-8-5-6-12-22(19)26/h2-6,8-10,12-16,23H,7,11,17H2,1H3,(H,25,27). The van der Waals surface area contributed by atoms with Crippen LogP contribution in [0.25, 0.3) is 0 Å². The Morgan fingerprint density at radius 3 is 2.41 bits per heavy atom. The molecule has 4 rings (SSSR count). The highest BCUT2D eigenvalue weighted by Crippen LogP contribution is 2.34. The number of hydrogen-bond acceptors (Lipinski definition) is 2. The molecule has 3 heteroatoms. The van der Waals surface area contributed by atoms with Gasteiger partial charge in [0.15, 0.2) is 0 Å². The van der Waals surface area contributed by atoms with Crippen molar-refractivity contribution in [2.24, 2.45) is 0 Å². The first kappa shape index (κ1) is 17.3. The van der Waals surface area contributed by atoms with Gasteiger partial charge in [-0.2, -0.15) is 0 Å². The molecule has 1 aliphatic rings. The topological polar surface area (TPSA) is 32.3 Å². The van der Waals surface area contributed by atoms with Crippen molar-refractivity contribution in [2.75, 3.05) is 16.8 Å². The number of benzene rings is 3. The second kappa shape index (κ2) is 7.67. The molecule has 3 nitrogen and oxygen atoms in total. The van der Waals surface area contributed by atoms with Crippen LogP contribution < -0.4 is 10.2 Å². The van der Waals surface area contributed by atoms with Gasteiger partial charge in [-0.25, -0.2) is 0 Å². The molecule has 1 aliphatic heterocycles. The molecule has 0 aromatic heterocycles. The molecule has 1 N–H and O–H groups in total. The highest BCUT2D eigenvalue weighted by atomic mass is 16.2. The second-order valence-corrected chi connectivity index (χ2v) is 7.09. The lowest BCUT2D eigenvalue weighted by Crippen LogP contribution is -2.40. The van der Waals surface area contributed by atoms with E-state index < -0.39 is 0 Å². The Labute approximate surface area is 160 Å². The number of fused-ring (bicyclic) bond motifs is 1. The number of nitrogens with zero attached hydrogens (tertiary/aromatic N) is 1. The molecule has 0 aliphatic carbocycles. The van der Waals surface area contributed by atoms with Crippen LogP contribution in [0.2, 0.25) is 0 Å². The maximum atomic E-state index is 13.4. The van der Waals surface area contributed by atoms with Gasteiger partial charge >= 0.3 is 0 Å². The quantitative estimate of drug-likeness (QED) is 0.703. The molecule has 3 aromatic carbocycles. The van der Waals surface area contributed by atoms with Gasteiger partial charge in [-0.15, -0.1) is 0 Å². The van der Waals surface area contributed by atoms with Crippen LogP contribution in [0.4, 0.5) is 11.4 Å². The molecular weight excluding hydrogens is 332 g/mol. The van der Waals surface area contributed by atoms with Crippen molar-refractivity contribution < 1.29 is 4.79 Å². The van der Waals surface area contributed by atoms with Gasteiger partial charge in [0.05, 0.1) is 0 Å². The maximum absolute atomic E-state index is 13.4. The molecule has 0 bridgehead atoms. The number of amides is 1. The lowest BCUT2D eigenvalue weighted by Gasteiger charge is -2.37. The normalized spacial score (nSPS) is 14.3. The van der Waals surface area contributed by atoms with Crippen molar-refractivity contribution in [1.29, 1.82) is 0 Å². The Balaban J connectivity index is 1.70. The van der Waals surface area contributed by atoms with Gasteiger partial charge in [0.1, 0.15) is 6.04 Å². The first-order valence-electron chi connectivity index (χ1n) is 9.49. The van der Waals surface area contributed by atoms with E-state index in [-0.39, 0.29) is 11.9 Å². The molecule has 1 unspecified atom stereocenters. The third-order valence-electron chi connectivity index (χ3n) is 5.14. The molecule has 27 heavy (non-hydrogen) atoms. The summed E-state index contributed by atoms with van der Waals surface area (Å²) in [7, 11) is 0. The fourth-order valence-corrected chi connectivity index (χ4v) is 3.79. The molecule has 136 valence electrons. The lowest BCUT2D eigenvalue weighted by atomic mass is 9.96. The van der Waals surface area contributed by atoms with E-state index in [1.165, 1.54) is 11.1 Å². The molecular formula is C24H24N2O. The van der Waals surface area contributed by atoms with Crippen LogP contribution >= 0.6 is 0 Å². The summed E-state index contributed by atoms with van der Waals surface area (Å²) in [4.78, 5) is 15.6. The molecule has 0 saturated carbocycles. The van der Waals surface area contributed by atoms with Crippen molar-refractivity contribution in [3.05, 3.63) is 95.6 Å². The molecule has 1 heterocycles. The van der Waals surface area contributed by atoms with Crippen LogP contribution in [0.5, 0.6) is 0 Å². The summed E-state index contributed by atoms with van der Waals surface area (Å²) in [6.07, 6.45) is 2.12. The molecule has 0 fully saturated rings. The predicted molar refractivity (Wildman–Crippen MR) is 111 cm³/mol. The highest BCUT2D eigenvalue weighted by molar-refractivity contribution is 5.98. The summed E-state index contributed by atoms with van der Waals surface area (Å²) in [5.74, 6) is 0.00163. The van der Waals surface area contributed by atoms with Gasteiger partial charge in [-0.3, -0.25) is 4.79 Å². The number of nitrogens with one attached hydrogen (secondary N) is 1. The number of anilines is 2. The first-order chi connectivity index (χ1) is 13.2. The molecule has 0 saturated heterocycles. The van der Waals surface area contributed by atoms with E-state index in [4.69, 9.17) is 0 Å². The van der Waals surface area contributed by atoms with Gasteiger partial charge in [-0.1, -0.05) is 66.2 Å². The number of aryl methyl sites for hydroxylation is 2. The zero-order valence-corrected chi connectivity index (χ0v) is 15.6. The summed E-state index contributed by atoms with van der Waals surface area (Å²) in [6, 6.07) is 26.1. The van der Waals surface area contributed by atoms with E-state index in [2.05, 4.69) is 34.5 Å². The molecule has 1 amide bonds. The fraction of sp³-hybridized carbons (Fsp3) is 0.208. The smallest absolute Gasteiger partial charge is 0.251 e. The highest BCUT2D eigenvalue weighted by Gasteiger charge is 2.30. The Hall–Kier alpha value is -3.07. The Bertz CT molecular complexity index is 919. The van der Waals surface area contributed by atoms with E-state index in [1.807, 2.05) is 61.5 Å². The van der Waals surface area contributed by atoms with Crippen LogP contribution in [0.1, 0.15) is 29.2 Å². The molecule has 0 spiro atoms. The molecule has 1 atom stereocenters. The Morgan fingerprint density at radius 2 is 1.63 bits per heavy atom. The van der Waals surface area contributed by atoms with Gasteiger partial charge in [0.2, 0.25) is 0 Å². The van der Waals surface area contributed by atoms with E-state index in [1.54, 1.807) is 0 Å². The number of hydrogen-bond donors (Lipinski definition) is 1. The molecule has 3 aromatic rings. The second-order valence-electron chi connectivity index (χ2n) is 7.09. The summed E-state index contributed by atoms with van der Waals surface area (Å²) in [6.45, 7) is 2.92. The minimum atomic E-state index is -0.353. The summed E-state index contributed by atoms with van der Waals surface area (Å²) < 4.78 is 0. The number of carbonyl (C=O) groups is 1. The van der Waals surface area contributed by atoms with Crippen molar-refractivity contribution in [2.45, 2.75) is 25.8 Å². The number of rotatable bonds is 4.